The Morgan fingerprint density at radius 3 is 2.92 bits per heavy atom. The number of carbonyl (C=O) groups excluding carboxylic acids is 1. The van der Waals surface area contributed by atoms with E-state index in [-0.39, 0.29) is 18.1 Å². The van der Waals surface area contributed by atoms with Gasteiger partial charge in [0.15, 0.2) is 5.82 Å². The van der Waals surface area contributed by atoms with Crippen LogP contribution >= 0.6 is 11.6 Å². The number of carbonyl (C=O) groups is 1. The van der Waals surface area contributed by atoms with E-state index in [0.717, 1.165) is 11.3 Å². The number of rotatable bonds is 6. The van der Waals surface area contributed by atoms with E-state index in [9.17, 15) is 9.18 Å². The topological polar surface area (TPSA) is 64.7 Å². The molecule has 8 heteroatoms. The summed E-state index contributed by atoms with van der Waals surface area (Å²) in [5, 5.41) is 11.7. The van der Waals surface area contributed by atoms with Crippen LogP contribution in [0, 0.1) is 12.7 Å². The Hall–Kier alpha value is -2.67. The molecule has 1 N–H and O–H groups in total. The van der Waals surface area contributed by atoms with Gasteiger partial charge in [-0.1, -0.05) is 23.7 Å². The highest BCUT2D eigenvalue weighted by molar-refractivity contribution is 6.31. The van der Waals surface area contributed by atoms with Crippen molar-refractivity contribution in [3.63, 3.8) is 0 Å². The third-order valence-corrected chi connectivity index (χ3v) is 4.11. The molecule has 130 valence electrons. The van der Waals surface area contributed by atoms with Gasteiger partial charge in [0.05, 0.1) is 30.0 Å². The Morgan fingerprint density at radius 1 is 1.36 bits per heavy atom. The number of aryl methyl sites for hydroxylation is 1. The quantitative estimate of drug-likeness (QED) is 0.733. The summed E-state index contributed by atoms with van der Waals surface area (Å²) in [5.41, 5.74) is 1.63. The Kier molecular flexibility index (Phi) is 5.14. The first kappa shape index (κ1) is 17.2. The number of benzene rings is 1. The predicted octanol–water partition coefficient (Wildman–Crippen LogP) is 3.26. The maximum atomic E-state index is 13.2. The lowest BCUT2D eigenvalue weighted by molar-refractivity contribution is -0.116. The summed E-state index contributed by atoms with van der Waals surface area (Å²) < 4.78 is 16.5. The molecule has 0 saturated carbocycles. The van der Waals surface area contributed by atoms with Crippen molar-refractivity contribution in [1.29, 1.82) is 0 Å². The number of aromatic nitrogens is 4. The lowest BCUT2D eigenvalue weighted by Crippen LogP contribution is -2.16. The van der Waals surface area contributed by atoms with Crippen LogP contribution in [-0.2, 0) is 17.9 Å². The molecule has 0 fully saturated rings. The zero-order valence-corrected chi connectivity index (χ0v) is 14.4. The average Bonchev–Trinajstić information content (AvgIpc) is 3.13. The molecule has 0 saturated heterocycles. The fourth-order valence-corrected chi connectivity index (χ4v) is 2.54. The molecule has 6 nitrogen and oxygen atoms in total. The maximum Gasteiger partial charge on any atom is 0.227 e. The van der Waals surface area contributed by atoms with Crippen molar-refractivity contribution in [1.82, 2.24) is 19.6 Å². The van der Waals surface area contributed by atoms with Crippen molar-refractivity contribution in [2.75, 3.05) is 5.32 Å². The summed E-state index contributed by atoms with van der Waals surface area (Å²) in [6.45, 7) is 2.72. The summed E-state index contributed by atoms with van der Waals surface area (Å²) in [4.78, 5) is 12.0. The minimum Gasteiger partial charge on any atom is -0.309 e. The summed E-state index contributed by atoms with van der Waals surface area (Å²) >= 11 is 5.93. The smallest absolute Gasteiger partial charge is 0.227 e. The number of anilines is 1. The molecule has 0 aliphatic carbocycles. The first-order valence-electron chi connectivity index (χ1n) is 7.77. The van der Waals surface area contributed by atoms with Crippen molar-refractivity contribution >= 4 is 23.3 Å². The van der Waals surface area contributed by atoms with Crippen LogP contribution in [-0.4, -0.2) is 25.5 Å². The molecule has 3 rings (SSSR count). The molecule has 1 amide bonds. The molecule has 0 spiro atoms. The van der Waals surface area contributed by atoms with Gasteiger partial charge in [-0.3, -0.25) is 14.2 Å². The highest BCUT2D eigenvalue weighted by Crippen LogP contribution is 2.14. The molecule has 0 atom stereocenters. The summed E-state index contributed by atoms with van der Waals surface area (Å²) in [6, 6.07) is 8.03. The van der Waals surface area contributed by atoms with Crippen LogP contribution in [0.25, 0.3) is 0 Å². The summed E-state index contributed by atoms with van der Waals surface area (Å²) in [5.74, 6) is 0.00542. The van der Waals surface area contributed by atoms with Gasteiger partial charge in [0.25, 0.3) is 0 Å². The maximum absolute atomic E-state index is 13.2. The predicted molar refractivity (Wildman–Crippen MR) is 92.9 cm³/mol. The highest BCUT2D eigenvalue weighted by atomic mass is 35.5. The van der Waals surface area contributed by atoms with E-state index in [1.54, 1.807) is 33.9 Å². The first-order chi connectivity index (χ1) is 12.0. The van der Waals surface area contributed by atoms with E-state index in [1.807, 2.05) is 13.0 Å². The van der Waals surface area contributed by atoms with Gasteiger partial charge < -0.3 is 5.32 Å². The van der Waals surface area contributed by atoms with Gasteiger partial charge in [-0.25, -0.2) is 4.39 Å². The molecule has 0 unspecified atom stereocenters. The number of halogens is 2. The van der Waals surface area contributed by atoms with Crippen molar-refractivity contribution in [3.8, 4) is 0 Å². The molecule has 2 heterocycles. The van der Waals surface area contributed by atoms with E-state index >= 15 is 0 Å². The van der Waals surface area contributed by atoms with Crippen LogP contribution in [0.3, 0.4) is 0 Å². The van der Waals surface area contributed by atoms with Crippen molar-refractivity contribution in [2.24, 2.45) is 0 Å². The zero-order chi connectivity index (χ0) is 17.8. The van der Waals surface area contributed by atoms with Crippen molar-refractivity contribution < 1.29 is 9.18 Å². The van der Waals surface area contributed by atoms with Gasteiger partial charge in [-0.05, 0) is 24.6 Å². The van der Waals surface area contributed by atoms with E-state index in [4.69, 9.17) is 11.6 Å². The van der Waals surface area contributed by atoms with Gasteiger partial charge in [0.2, 0.25) is 5.91 Å². The van der Waals surface area contributed by atoms with E-state index in [1.165, 1.54) is 12.1 Å². The minimum absolute atomic E-state index is 0.165. The third-order valence-electron chi connectivity index (χ3n) is 3.74. The standard InChI is InChI=1S/C17H17ClFN5O/c1-12-15(18)10-20-24(12)8-6-17(25)21-16-5-7-23(22-16)11-13-3-2-4-14(19)9-13/h2-5,7,9-10H,6,8,11H2,1H3,(H,21,22,25). The van der Waals surface area contributed by atoms with E-state index in [2.05, 4.69) is 15.5 Å². The zero-order valence-electron chi connectivity index (χ0n) is 13.6. The fourth-order valence-electron chi connectivity index (χ4n) is 2.40. The Morgan fingerprint density at radius 2 is 2.20 bits per heavy atom. The Bertz CT molecular complexity index is 889. The van der Waals surface area contributed by atoms with Crippen LogP contribution in [0.15, 0.2) is 42.7 Å². The van der Waals surface area contributed by atoms with Crippen LogP contribution in [0.2, 0.25) is 5.02 Å². The van der Waals surface area contributed by atoms with Gasteiger partial charge >= 0.3 is 0 Å². The van der Waals surface area contributed by atoms with Gasteiger partial charge in [-0.2, -0.15) is 10.2 Å². The number of hydrogen-bond donors (Lipinski definition) is 1. The van der Waals surface area contributed by atoms with Crippen LogP contribution < -0.4 is 5.32 Å². The van der Waals surface area contributed by atoms with E-state index in [0.29, 0.717) is 23.9 Å². The summed E-state index contributed by atoms with van der Waals surface area (Å²) in [7, 11) is 0. The minimum atomic E-state index is -0.285. The highest BCUT2D eigenvalue weighted by Gasteiger charge is 2.09. The third kappa shape index (κ3) is 4.45. The van der Waals surface area contributed by atoms with Gasteiger partial charge in [-0.15, -0.1) is 0 Å². The lowest BCUT2D eigenvalue weighted by Gasteiger charge is -2.05. The largest absolute Gasteiger partial charge is 0.309 e. The molecule has 0 aliphatic heterocycles. The number of hydrogen-bond acceptors (Lipinski definition) is 3. The monoisotopic (exact) mass is 361 g/mol. The molecule has 2 aromatic heterocycles. The van der Waals surface area contributed by atoms with Crippen molar-refractivity contribution in [2.45, 2.75) is 26.4 Å². The molecular formula is C17H17ClFN5O. The van der Waals surface area contributed by atoms with Gasteiger partial charge in [0, 0.05) is 18.7 Å². The van der Waals surface area contributed by atoms with Gasteiger partial charge in [0.1, 0.15) is 5.82 Å². The second-order valence-corrected chi connectivity index (χ2v) is 6.03. The average molecular weight is 362 g/mol. The molecule has 0 aliphatic rings. The lowest BCUT2D eigenvalue weighted by atomic mass is 10.2. The number of amides is 1. The Labute approximate surface area is 149 Å². The SMILES string of the molecule is Cc1c(Cl)cnn1CCC(=O)Nc1ccn(Cc2cccc(F)c2)n1. The summed E-state index contributed by atoms with van der Waals surface area (Å²) in [6.07, 6.45) is 3.55. The normalized spacial score (nSPS) is 10.8. The van der Waals surface area contributed by atoms with Crippen LogP contribution in [0.1, 0.15) is 17.7 Å². The Balaban J connectivity index is 1.54. The van der Waals surface area contributed by atoms with Crippen LogP contribution in [0.5, 0.6) is 0 Å². The number of nitrogens with zero attached hydrogens (tertiary/aromatic N) is 4. The molecule has 0 radical (unpaired) electrons. The molecule has 3 aromatic rings. The molecular weight excluding hydrogens is 345 g/mol. The molecule has 0 bridgehead atoms. The molecule has 1 aromatic carbocycles. The van der Waals surface area contributed by atoms with E-state index < -0.39 is 0 Å². The second-order valence-electron chi connectivity index (χ2n) is 5.63. The number of nitrogens with one attached hydrogen (secondary N) is 1. The fraction of sp³-hybridized carbons (Fsp3) is 0.235. The molecule has 25 heavy (non-hydrogen) atoms. The first-order valence-corrected chi connectivity index (χ1v) is 8.15. The van der Waals surface area contributed by atoms with Crippen molar-refractivity contribution in [3.05, 3.63) is 64.8 Å². The second kappa shape index (κ2) is 7.48. The van der Waals surface area contributed by atoms with Crippen LogP contribution in [0.4, 0.5) is 10.2 Å².